The number of hydrogen-bond acceptors (Lipinski definition) is 6. The second-order valence-corrected chi connectivity index (χ2v) is 8.49. The molecule has 0 aliphatic carbocycles. The molecule has 3 aromatic rings. The highest BCUT2D eigenvalue weighted by molar-refractivity contribution is 7.90. The fraction of sp³-hybridized carbons (Fsp3) is 0.143. The third kappa shape index (κ3) is 5.70. The molecule has 0 aliphatic heterocycles. The van der Waals surface area contributed by atoms with Crippen LogP contribution < -0.4 is 15.6 Å². The highest BCUT2D eigenvalue weighted by Crippen LogP contribution is 2.20. The molecule has 0 fully saturated rings. The van der Waals surface area contributed by atoms with Gasteiger partial charge in [0, 0.05) is 5.56 Å². The molecule has 1 aromatic heterocycles. The van der Waals surface area contributed by atoms with Gasteiger partial charge < -0.3 is 9.15 Å². The molecule has 0 radical (unpaired) electrons. The number of amides is 2. The lowest BCUT2D eigenvalue weighted by atomic mass is 10.3. The second kappa shape index (κ2) is 9.43. The van der Waals surface area contributed by atoms with Crippen molar-refractivity contribution < 1.29 is 31.6 Å². The Hall–Kier alpha value is -3.66. The van der Waals surface area contributed by atoms with Crippen LogP contribution in [0.5, 0.6) is 5.75 Å². The Balaban J connectivity index is 1.59. The van der Waals surface area contributed by atoms with Gasteiger partial charge in [0.05, 0.1) is 16.9 Å². The van der Waals surface area contributed by atoms with E-state index in [0.29, 0.717) is 0 Å². The number of rotatable bonds is 7. The zero-order chi connectivity index (χ0) is 22.4. The Labute approximate surface area is 177 Å². The fourth-order valence-corrected chi connectivity index (χ4v) is 3.99. The maximum absolute atomic E-state index is 12.9. The first-order valence-electron chi connectivity index (χ1n) is 9.13. The number of carbonyl (C=O) groups excluding carboxylic acids is 2. The van der Waals surface area contributed by atoms with E-state index in [2.05, 4.69) is 10.9 Å². The number of hydrogen-bond donors (Lipinski definition) is 2. The Morgan fingerprint density at radius 2 is 1.71 bits per heavy atom. The molecule has 0 saturated heterocycles. The first-order chi connectivity index (χ1) is 14.8. The van der Waals surface area contributed by atoms with Gasteiger partial charge in [0.2, 0.25) is 0 Å². The van der Waals surface area contributed by atoms with Gasteiger partial charge >= 0.3 is 5.91 Å². The molecule has 31 heavy (non-hydrogen) atoms. The minimum absolute atomic E-state index is 0.114. The number of ether oxygens (including phenoxy) is 1. The van der Waals surface area contributed by atoms with Crippen molar-refractivity contribution in [1.82, 2.24) is 10.9 Å². The predicted octanol–water partition coefficient (Wildman–Crippen LogP) is 2.62. The van der Waals surface area contributed by atoms with Crippen LogP contribution in [0.4, 0.5) is 4.39 Å². The normalized spacial score (nSPS) is 12.1. The summed E-state index contributed by atoms with van der Waals surface area (Å²) in [7, 11) is -3.70. The number of furan rings is 1. The van der Waals surface area contributed by atoms with Crippen molar-refractivity contribution in [3.05, 3.63) is 84.1 Å². The topological polar surface area (TPSA) is 115 Å². The smallest absolute Gasteiger partial charge is 0.305 e. The number of benzene rings is 2. The minimum atomic E-state index is -3.70. The summed E-state index contributed by atoms with van der Waals surface area (Å²) in [5.74, 6) is -2.37. The second-order valence-electron chi connectivity index (χ2n) is 6.50. The zero-order valence-electron chi connectivity index (χ0n) is 16.4. The molecule has 8 nitrogen and oxygen atoms in total. The summed E-state index contributed by atoms with van der Waals surface area (Å²) in [5.41, 5.74) is 4.48. The molecular formula is C21H19FN2O6S. The third-order valence-electron chi connectivity index (χ3n) is 4.20. The van der Waals surface area contributed by atoms with E-state index in [0.717, 1.165) is 0 Å². The van der Waals surface area contributed by atoms with Crippen LogP contribution in [0.1, 0.15) is 23.0 Å². The number of sulfone groups is 1. The molecule has 0 unspecified atom stereocenters. The van der Waals surface area contributed by atoms with Gasteiger partial charge in [-0.25, -0.2) is 12.8 Å². The average Bonchev–Trinajstić information content (AvgIpc) is 3.21. The lowest BCUT2D eigenvalue weighted by molar-refractivity contribution is -0.128. The standard InChI is InChI=1S/C21H19FN2O6S/c1-14(30-17-9-7-16(22)8-10-17)20(25)23-24-21(26)19-15(11-12-29-19)13-31(27,28)18-5-3-2-4-6-18/h2-12,14H,13H2,1H3,(H,23,25)(H,24,26)/t14-/m0/s1. The van der Waals surface area contributed by atoms with Crippen molar-refractivity contribution in [3.8, 4) is 5.75 Å². The van der Waals surface area contributed by atoms with Crippen molar-refractivity contribution in [2.45, 2.75) is 23.7 Å². The molecule has 3 rings (SSSR count). The first kappa shape index (κ1) is 22.0. The van der Waals surface area contributed by atoms with E-state index in [9.17, 15) is 22.4 Å². The van der Waals surface area contributed by atoms with E-state index in [1.54, 1.807) is 18.2 Å². The van der Waals surface area contributed by atoms with Crippen molar-refractivity contribution in [1.29, 1.82) is 0 Å². The van der Waals surface area contributed by atoms with Crippen LogP contribution in [0.2, 0.25) is 0 Å². The SMILES string of the molecule is C[C@H](Oc1ccc(F)cc1)C(=O)NNC(=O)c1occc1CS(=O)(=O)c1ccccc1. The van der Waals surface area contributed by atoms with E-state index < -0.39 is 39.3 Å². The Morgan fingerprint density at radius 1 is 1.03 bits per heavy atom. The molecule has 1 heterocycles. The van der Waals surface area contributed by atoms with E-state index in [1.807, 2.05) is 0 Å². The van der Waals surface area contributed by atoms with Gasteiger partial charge in [0.1, 0.15) is 11.6 Å². The third-order valence-corrected chi connectivity index (χ3v) is 5.88. The number of nitrogens with one attached hydrogen (secondary N) is 2. The molecule has 0 spiro atoms. The Bertz CT molecular complexity index is 1160. The fourth-order valence-electron chi connectivity index (χ4n) is 2.61. The lowest BCUT2D eigenvalue weighted by Crippen LogP contribution is -2.47. The molecular weight excluding hydrogens is 427 g/mol. The minimum Gasteiger partial charge on any atom is -0.481 e. The maximum atomic E-state index is 12.9. The Morgan fingerprint density at radius 3 is 2.39 bits per heavy atom. The summed E-state index contributed by atoms with van der Waals surface area (Å²) < 4.78 is 48.5. The molecule has 1 atom stereocenters. The van der Waals surface area contributed by atoms with Crippen molar-refractivity contribution in [2.75, 3.05) is 0 Å². The van der Waals surface area contributed by atoms with E-state index >= 15 is 0 Å². The van der Waals surface area contributed by atoms with Crippen molar-refractivity contribution in [3.63, 3.8) is 0 Å². The molecule has 2 N–H and O–H groups in total. The highest BCUT2D eigenvalue weighted by Gasteiger charge is 2.23. The van der Waals surface area contributed by atoms with Gasteiger partial charge in [0.25, 0.3) is 5.91 Å². The zero-order valence-corrected chi connectivity index (χ0v) is 17.2. The van der Waals surface area contributed by atoms with Crippen molar-refractivity contribution >= 4 is 21.7 Å². The van der Waals surface area contributed by atoms with Gasteiger partial charge in [-0.2, -0.15) is 0 Å². The summed E-state index contributed by atoms with van der Waals surface area (Å²) in [6.45, 7) is 1.44. The van der Waals surface area contributed by atoms with Crippen LogP contribution in [0, 0.1) is 5.82 Å². The summed E-state index contributed by atoms with van der Waals surface area (Å²) >= 11 is 0. The summed E-state index contributed by atoms with van der Waals surface area (Å²) in [5, 5.41) is 0. The van der Waals surface area contributed by atoms with Crippen molar-refractivity contribution in [2.24, 2.45) is 0 Å². The molecule has 0 aliphatic rings. The van der Waals surface area contributed by atoms with Crippen LogP contribution in [0.25, 0.3) is 0 Å². The van der Waals surface area contributed by atoms with Gasteiger partial charge in [-0.15, -0.1) is 0 Å². The highest BCUT2D eigenvalue weighted by atomic mass is 32.2. The number of hydrazine groups is 1. The molecule has 0 bridgehead atoms. The largest absolute Gasteiger partial charge is 0.481 e. The molecule has 2 aromatic carbocycles. The Kier molecular flexibility index (Phi) is 6.71. The summed E-state index contributed by atoms with van der Waals surface area (Å²) in [6.07, 6.45) is 0.188. The average molecular weight is 446 g/mol. The quantitative estimate of drug-likeness (QED) is 0.539. The van der Waals surface area contributed by atoms with Gasteiger partial charge in [-0.1, -0.05) is 18.2 Å². The van der Waals surface area contributed by atoms with Gasteiger partial charge in [0.15, 0.2) is 21.7 Å². The van der Waals surface area contributed by atoms with Crippen LogP contribution in [0.3, 0.4) is 0 Å². The van der Waals surface area contributed by atoms with E-state index in [4.69, 9.17) is 9.15 Å². The van der Waals surface area contributed by atoms with Crippen LogP contribution in [0.15, 0.2) is 76.2 Å². The lowest BCUT2D eigenvalue weighted by Gasteiger charge is -2.15. The van der Waals surface area contributed by atoms with Crippen LogP contribution in [-0.4, -0.2) is 26.3 Å². The predicted molar refractivity (Wildman–Crippen MR) is 108 cm³/mol. The van der Waals surface area contributed by atoms with E-state index in [-0.39, 0.29) is 22.0 Å². The number of carbonyl (C=O) groups is 2. The molecule has 162 valence electrons. The van der Waals surface area contributed by atoms with Gasteiger partial charge in [-0.3, -0.25) is 20.4 Å². The van der Waals surface area contributed by atoms with Gasteiger partial charge in [-0.05, 0) is 49.4 Å². The monoisotopic (exact) mass is 446 g/mol. The van der Waals surface area contributed by atoms with E-state index in [1.165, 1.54) is 55.7 Å². The first-order valence-corrected chi connectivity index (χ1v) is 10.8. The van der Waals surface area contributed by atoms with Crippen LogP contribution in [-0.2, 0) is 20.4 Å². The summed E-state index contributed by atoms with van der Waals surface area (Å²) in [4.78, 5) is 24.6. The number of halogens is 1. The molecule has 10 heteroatoms. The molecule has 2 amide bonds. The van der Waals surface area contributed by atoms with Crippen LogP contribution >= 0.6 is 0 Å². The summed E-state index contributed by atoms with van der Waals surface area (Å²) in [6, 6.07) is 14.3. The maximum Gasteiger partial charge on any atom is 0.305 e. The molecule has 0 saturated carbocycles.